The summed E-state index contributed by atoms with van der Waals surface area (Å²) in [5.41, 5.74) is 3.00. The van der Waals surface area contributed by atoms with Crippen LogP contribution in [0.4, 0.5) is 0 Å². The molecule has 1 fully saturated rings. The molecular weight excluding hydrogens is 716 g/mol. The number of benzene rings is 3. The Hall–Kier alpha value is -5.80. The van der Waals surface area contributed by atoms with Crippen molar-refractivity contribution in [2.24, 2.45) is 0 Å². The van der Waals surface area contributed by atoms with Gasteiger partial charge in [-0.05, 0) is 54.3 Å². The van der Waals surface area contributed by atoms with Gasteiger partial charge in [-0.3, -0.25) is 24.0 Å². The second-order valence-corrected chi connectivity index (χ2v) is 12.6. The minimum Gasteiger partial charge on any atom is -0.484 e. The van der Waals surface area contributed by atoms with Crippen molar-refractivity contribution in [3.8, 4) is 16.9 Å². The Morgan fingerprint density at radius 1 is 0.691 bits per heavy atom. The normalized spacial score (nSPS) is 18.9. The quantitative estimate of drug-likeness (QED) is 0.109. The molecule has 0 spiro atoms. The monoisotopic (exact) mass is 762 g/mol. The summed E-state index contributed by atoms with van der Waals surface area (Å²) in [7, 11) is 0. The van der Waals surface area contributed by atoms with Crippen LogP contribution >= 0.6 is 0 Å². The maximum Gasteiger partial charge on any atom is 0.338 e. The number of esters is 4. The molecule has 15 nitrogen and oxygen atoms in total. The van der Waals surface area contributed by atoms with E-state index in [1.54, 1.807) is 37.3 Å². The zero-order chi connectivity index (χ0) is 39.7. The molecule has 1 saturated heterocycles. The summed E-state index contributed by atoms with van der Waals surface area (Å²) < 4.78 is 38.6. The first-order chi connectivity index (χ1) is 26.4. The number of carbonyl (C=O) groups is 6. The number of ether oxygens (including phenoxy) is 7. The summed E-state index contributed by atoms with van der Waals surface area (Å²) in [6, 6.07) is 23.7. The Morgan fingerprint density at radius 3 is 2.00 bits per heavy atom. The van der Waals surface area contributed by atoms with Gasteiger partial charge in [0, 0.05) is 40.3 Å². The minimum absolute atomic E-state index is 0.0266. The van der Waals surface area contributed by atoms with E-state index >= 15 is 0 Å². The average Bonchev–Trinajstić information content (AvgIpc) is 3.16. The number of rotatable bonds is 18. The fourth-order valence-electron chi connectivity index (χ4n) is 5.60. The van der Waals surface area contributed by atoms with Crippen LogP contribution in [0.2, 0.25) is 0 Å². The summed E-state index contributed by atoms with van der Waals surface area (Å²) in [4.78, 5) is 72.6. The summed E-state index contributed by atoms with van der Waals surface area (Å²) in [5.74, 6) is -2.62. The standard InChI is InChI=1S/C40H46N2O13/c1-25-36(53-26(2)43)37(54-27(3)44)38(55-28(4)45)40(52-25)49-21-9-14-34(46)41-19-20-42-35(47)24-50-33-17-15-30(16-18-33)31-12-8-13-32(22-31)39(48)51-23-29-10-6-5-7-11-29/h5-8,10-13,15-18,22,25,36-38,40H,9,14,19-21,23-24H2,1-4H3,(H,41,46)(H,42,47)/t25-,36-,37+,38+,40+/m0/s1. The third kappa shape index (κ3) is 13.8. The lowest BCUT2D eigenvalue weighted by Gasteiger charge is -2.43. The summed E-state index contributed by atoms with van der Waals surface area (Å²) in [6.07, 6.45) is -5.03. The average molecular weight is 763 g/mol. The second-order valence-electron chi connectivity index (χ2n) is 12.6. The number of amides is 2. The SMILES string of the molecule is CC(=O)O[C@@H]1[C@@H](OC(C)=O)[C@H](C)O[C@@H](OCCCC(=O)NCCNC(=O)COc2ccc(-c3cccc(C(=O)OCc4ccccc4)c3)cc2)[C@@H]1OC(C)=O. The Morgan fingerprint density at radius 2 is 1.33 bits per heavy atom. The Labute approximate surface area is 318 Å². The maximum absolute atomic E-state index is 12.6. The van der Waals surface area contributed by atoms with Crippen molar-refractivity contribution in [3.05, 3.63) is 90.0 Å². The molecule has 0 aliphatic carbocycles. The van der Waals surface area contributed by atoms with Gasteiger partial charge in [0.25, 0.3) is 5.91 Å². The third-order valence-electron chi connectivity index (χ3n) is 8.10. The van der Waals surface area contributed by atoms with Gasteiger partial charge in [-0.2, -0.15) is 0 Å². The lowest BCUT2D eigenvalue weighted by molar-refractivity contribution is -0.300. The lowest BCUT2D eigenvalue weighted by Crippen LogP contribution is -2.61. The Kier molecular flexibility index (Phi) is 16.2. The Bertz CT molecular complexity index is 1770. The van der Waals surface area contributed by atoms with Crippen LogP contribution in [0, 0.1) is 0 Å². The molecule has 2 N–H and O–H groups in total. The molecule has 294 valence electrons. The number of carbonyl (C=O) groups excluding carboxylic acids is 6. The number of hydrogen-bond donors (Lipinski definition) is 2. The van der Waals surface area contributed by atoms with Crippen LogP contribution in [0.15, 0.2) is 78.9 Å². The molecule has 55 heavy (non-hydrogen) atoms. The van der Waals surface area contributed by atoms with E-state index in [9.17, 15) is 28.8 Å². The van der Waals surface area contributed by atoms with Crippen molar-refractivity contribution in [2.75, 3.05) is 26.3 Å². The molecule has 0 bridgehead atoms. The molecule has 0 aromatic heterocycles. The fourth-order valence-corrected chi connectivity index (χ4v) is 5.60. The van der Waals surface area contributed by atoms with Crippen molar-refractivity contribution in [1.82, 2.24) is 10.6 Å². The van der Waals surface area contributed by atoms with Gasteiger partial charge in [0.2, 0.25) is 5.91 Å². The van der Waals surface area contributed by atoms with Crippen molar-refractivity contribution < 1.29 is 61.9 Å². The highest BCUT2D eigenvalue weighted by molar-refractivity contribution is 5.91. The molecule has 3 aromatic carbocycles. The highest BCUT2D eigenvalue weighted by Gasteiger charge is 2.50. The molecule has 3 aromatic rings. The van der Waals surface area contributed by atoms with Gasteiger partial charge in [0.1, 0.15) is 12.4 Å². The van der Waals surface area contributed by atoms with E-state index < -0.39 is 54.6 Å². The molecule has 1 aliphatic rings. The second kappa shape index (κ2) is 21.2. The highest BCUT2D eigenvalue weighted by atomic mass is 16.7. The van der Waals surface area contributed by atoms with Gasteiger partial charge in [0.15, 0.2) is 31.2 Å². The van der Waals surface area contributed by atoms with Crippen molar-refractivity contribution in [2.45, 2.75) is 77.8 Å². The lowest BCUT2D eigenvalue weighted by atomic mass is 9.99. The van der Waals surface area contributed by atoms with Crippen LogP contribution in [0.1, 0.15) is 56.5 Å². The van der Waals surface area contributed by atoms with Crippen molar-refractivity contribution >= 4 is 35.7 Å². The van der Waals surface area contributed by atoms with E-state index in [1.807, 2.05) is 48.5 Å². The van der Waals surface area contributed by atoms with Gasteiger partial charge >= 0.3 is 23.9 Å². The molecule has 0 unspecified atom stereocenters. The van der Waals surface area contributed by atoms with Crippen molar-refractivity contribution in [1.29, 1.82) is 0 Å². The van der Waals surface area contributed by atoms with Crippen LogP contribution < -0.4 is 15.4 Å². The first-order valence-corrected chi connectivity index (χ1v) is 17.8. The number of hydrogen-bond acceptors (Lipinski definition) is 13. The first-order valence-electron chi connectivity index (χ1n) is 17.8. The summed E-state index contributed by atoms with van der Waals surface area (Å²) in [6.45, 7) is 5.45. The smallest absolute Gasteiger partial charge is 0.338 e. The maximum atomic E-state index is 12.6. The van der Waals surface area contributed by atoms with Crippen LogP contribution in [0.3, 0.4) is 0 Å². The van der Waals surface area contributed by atoms with E-state index in [4.69, 9.17) is 33.2 Å². The predicted octanol–water partition coefficient (Wildman–Crippen LogP) is 3.66. The largest absolute Gasteiger partial charge is 0.484 e. The molecule has 15 heteroatoms. The number of nitrogens with one attached hydrogen (secondary N) is 2. The van der Waals surface area contributed by atoms with Gasteiger partial charge < -0.3 is 43.8 Å². The van der Waals surface area contributed by atoms with E-state index in [0.717, 1.165) is 23.6 Å². The molecule has 0 radical (unpaired) electrons. The topological polar surface area (TPSA) is 191 Å². The van der Waals surface area contributed by atoms with E-state index in [1.165, 1.54) is 13.8 Å². The summed E-state index contributed by atoms with van der Waals surface area (Å²) >= 11 is 0. The minimum atomic E-state index is -1.23. The zero-order valence-electron chi connectivity index (χ0n) is 31.1. The van der Waals surface area contributed by atoms with Gasteiger partial charge in [-0.1, -0.05) is 54.6 Å². The highest BCUT2D eigenvalue weighted by Crippen LogP contribution is 2.29. The van der Waals surface area contributed by atoms with E-state index in [-0.39, 0.29) is 57.6 Å². The molecule has 0 saturated carbocycles. The van der Waals surface area contributed by atoms with Crippen molar-refractivity contribution in [3.63, 3.8) is 0 Å². The van der Waals surface area contributed by atoms with Gasteiger partial charge in [0.05, 0.1) is 18.3 Å². The zero-order valence-corrected chi connectivity index (χ0v) is 31.1. The molecule has 1 aliphatic heterocycles. The third-order valence-corrected chi connectivity index (χ3v) is 8.10. The predicted molar refractivity (Wildman–Crippen MR) is 195 cm³/mol. The van der Waals surface area contributed by atoms with E-state index in [2.05, 4.69) is 10.6 Å². The van der Waals surface area contributed by atoms with Crippen LogP contribution in [-0.4, -0.2) is 92.7 Å². The molecular formula is C40H46N2O13. The van der Waals surface area contributed by atoms with Gasteiger partial charge in [-0.25, -0.2) is 4.79 Å². The molecule has 4 rings (SSSR count). The van der Waals surface area contributed by atoms with Gasteiger partial charge in [-0.15, -0.1) is 0 Å². The van der Waals surface area contributed by atoms with Crippen LogP contribution in [0.25, 0.3) is 11.1 Å². The Balaban J connectivity index is 1.13. The molecule has 2 amide bonds. The van der Waals surface area contributed by atoms with E-state index in [0.29, 0.717) is 11.3 Å². The molecule has 1 heterocycles. The van der Waals surface area contributed by atoms with Crippen LogP contribution in [0.5, 0.6) is 5.75 Å². The molecule has 5 atom stereocenters. The van der Waals surface area contributed by atoms with Crippen LogP contribution in [-0.2, 0) is 59.0 Å². The fraction of sp³-hybridized carbons (Fsp3) is 0.400. The summed E-state index contributed by atoms with van der Waals surface area (Å²) in [5, 5.41) is 5.38. The first kappa shape index (κ1) is 41.9.